The lowest BCUT2D eigenvalue weighted by Crippen LogP contribution is -2.34. The smallest absolute Gasteiger partial charge is 0.270 e. The van der Waals surface area contributed by atoms with E-state index in [-0.39, 0.29) is 29.4 Å². The highest BCUT2D eigenvalue weighted by Crippen LogP contribution is 2.37. The maximum atomic E-state index is 12.2. The summed E-state index contributed by atoms with van der Waals surface area (Å²) in [7, 11) is 0. The Labute approximate surface area is 127 Å². The number of hydrogen-bond donors (Lipinski definition) is 2. The van der Waals surface area contributed by atoms with Gasteiger partial charge in [-0.1, -0.05) is 0 Å². The van der Waals surface area contributed by atoms with Crippen molar-refractivity contribution in [3.63, 3.8) is 0 Å². The van der Waals surface area contributed by atoms with E-state index >= 15 is 0 Å². The van der Waals surface area contributed by atoms with Crippen LogP contribution in [0.3, 0.4) is 0 Å². The van der Waals surface area contributed by atoms with Gasteiger partial charge in [0.1, 0.15) is 11.5 Å². The molecule has 1 unspecified atom stereocenters. The lowest BCUT2D eigenvalue weighted by Gasteiger charge is -2.13. The first-order chi connectivity index (χ1) is 10.7. The molecule has 3 heterocycles. The number of ether oxygens (including phenoxy) is 2. The van der Waals surface area contributed by atoms with Crippen molar-refractivity contribution in [3.05, 3.63) is 27.9 Å². The van der Waals surface area contributed by atoms with Crippen LogP contribution in [-0.4, -0.2) is 47.8 Å². The molecule has 0 radical (unpaired) electrons. The summed E-state index contributed by atoms with van der Waals surface area (Å²) in [5, 5.41) is 2.82. The minimum absolute atomic E-state index is 0.0211. The summed E-state index contributed by atoms with van der Waals surface area (Å²) in [5.74, 6) is 1.06. The molecule has 1 aliphatic carbocycles. The highest BCUT2D eigenvalue weighted by molar-refractivity contribution is 5.92. The Morgan fingerprint density at radius 1 is 1.41 bits per heavy atom. The summed E-state index contributed by atoms with van der Waals surface area (Å²) in [4.78, 5) is 30.8. The first-order valence-electron chi connectivity index (χ1n) is 7.81. The van der Waals surface area contributed by atoms with Gasteiger partial charge >= 0.3 is 0 Å². The fraction of sp³-hybridized carbons (Fsp3) is 0.667. The molecule has 1 saturated carbocycles. The number of nitrogens with zero attached hydrogens (tertiary/aromatic N) is 1. The second-order valence-electron chi connectivity index (χ2n) is 6.33. The fourth-order valence-corrected chi connectivity index (χ4v) is 3.16. The molecule has 2 aliphatic heterocycles. The first-order valence-corrected chi connectivity index (χ1v) is 7.81. The van der Waals surface area contributed by atoms with Crippen molar-refractivity contribution in [2.45, 2.75) is 37.4 Å². The molecule has 0 aromatic carbocycles. The minimum atomic E-state index is -0.315. The Hall–Kier alpha value is -1.73. The van der Waals surface area contributed by atoms with Crippen molar-refractivity contribution in [3.8, 4) is 0 Å². The van der Waals surface area contributed by atoms with Crippen molar-refractivity contribution in [1.82, 2.24) is 15.3 Å². The molecule has 1 amide bonds. The van der Waals surface area contributed by atoms with E-state index < -0.39 is 0 Å². The van der Waals surface area contributed by atoms with Gasteiger partial charge in [0.25, 0.3) is 11.5 Å². The van der Waals surface area contributed by atoms with E-state index in [4.69, 9.17) is 9.47 Å². The van der Waals surface area contributed by atoms with E-state index in [1.165, 1.54) is 6.07 Å². The van der Waals surface area contributed by atoms with Gasteiger partial charge in [0.2, 0.25) is 0 Å². The number of nitrogens with one attached hydrogen (secondary N) is 2. The maximum absolute atomic E-state index is 12.2. The second kappa shape index (κ2) is 5.48. The quantitative estimate of drug-likeness (QED) is 0.828. The van der Waals surface area contributed by atoms with Gasteiger partial charge in [-0.3, -0.25) is 9.59 Å². The van der Waals surface area contributed by atoms with Gasteiger partial charge < -0.3 is 19.8 Å². The lowest BCUT2D eigenvalue weighted by molar-refractivity contribution is 0.0203. The van der Waals surface area contributed by atoms with Crippen LogP contribution in [0.2, 0.25) is 0 Å². The Morgan fingerprint density at radius 3 is 3.05 bits per heavy atom. The van der Waals surface area contributed by atoms with Crippen molar-refractivity contribution in [1.29, 1.82) is 0 Å². The fourth-order valence-electron chi connectivity index (χ4n) is 3.16. The van der Waals surface area contributed by atoms with E-state index in [0.717, 1.165) is 25.9 Å². The highest BCUT2D eigenvalue weighted by atomic mass is 16.6. The summed E-state index contributed by atoms with van der Waals surface area (Å²) >= 11 is 0. The molecule has 3 aliphatic rings. The number of fused-ring (bicyclic) bond motifs is 1. The number of carbonyl (C=O) groups excluding carboxylic acids is 1. The van der Waals surface area contributed by atoms with Crippen LogP contribution in [0.4, 0.5) is 0 Å². The van der Waals surface area contributed by atoms with Gasteiger partial charge in [-0.2, -0.15) is 0 Å². The first kappa shape index (κ1) is 13.9. The normalized spacial score (nSPS) is 30.3. The van der Waals surface area contributed by atoms with Crippen molar-refractivity contribution >= 4 is 5.91 Å². The van der Waals surface area contributed by atoms with Gasteiger partial charge in [0, 0.05) is 24.4 Å². The van der Waals surface area contributed by atoms with Gasteiger partial charge in [-0.25, -0.2) is 4.98 Å². The zero-order valence-electron chi connectivity index (χ0n) is 12.2. The number of rotatable bonds is 4. The summed E-state index contributed by atoms with van der Waals surface area (Å²) in [6.45, 7) is 1.84. The van der Waals surface area contributed by atoms with Crippen LogP contribution in [0.1, 0.15) is 41.5 Å². The van der Waals surface area contributed by atoms with Crippen LogP contribution >= 0.6 is 0 Å². The van der Waals surface area contributed by atoms with Crippen molar-refractivity contribution in [2.24, 2.45) is 5.92 Å². The van der Waals surface area contributed by atoms with Crippen LogP contribution < -0.4 is 10.9 Å². The van der Waals surface area contributed by atoms with E-state index in [1.807, 2.05) is 0 Å². The molecule has 118 valence electrons. The number of carbonyl (C=O) groups is 1. The molecule has 0 spiro atoms. The third-order valence-corrected chi connectivity index (χ3v) is 4.52. The number of amides is 1. The Balaban J connectivity index is 1.37. The minimum Gasteiger partial charge on any atom is -0.378 e. The zero-order valence-corrected chi connectivity index (χ0v) is 12.2. The predicted octanol–water partition coefficient (Wildman–Crippen LogP) is 0.181. The monoisotopic (exact) mass is 305 g/mol. The van der Waals surface area contributed by atoms with Gasteiger partial charge in [-0.15, -0.1) is 0 Å². The molecule has 1 aromatic heterocycles. The molecule has 1 aromatic rings. The highest BCUT2D eigenvalue weighted by Gasteiger charge is 2.39. The van der Waals surface area contributed by atoms with Gasteiger partial charge in [0.05, 0.1) is 25.4 Å². The van der Waals surface area contributed by atoms with Crippen LogP contribution in [0.5, 0.6) is 0 Å². The zero-order chi connectivity index (χ0) is 15.1. The maximum Gasteiger partial charge on any atom is 0.270 e. The molecule has 2 N–H and O–H groups in total. The van der Waals surface area contributed by atoms with Crippen molar-refractivity contribution < 1.29 is 14.3 Å². The Kier molecular flexibility index (Phi) is 3.46. The van der Waals surface area contributed by atoms with E-state index in [1.54, 1.807) is 0 Å². The Bertz CT molecular complexity index is 628. The summed E-state index contributed by atoms with van der Waals surface area (Å²) in [6.07, 6.45) is 3.14. The van der Waals surface area contributed by atoms with E-state index in [0.29, 0.717) is 30.8 Å². The Morgan fingerprint density at radius 2 is 2.27 bits per heavy atom. The molecule has 3 atom stereocenters. The number of hydrogen-bond acceptors (Lipinski definition) is 5. The molecule has 4 rings (SSSR count). The summed E-state index contributed by atoms with van der Waals surface area (Å²) in [5.41, 5.74) is -0.0852. The SMILES string of the molecule is O=C(NCC1C[C@@H]2COC[C@@H]2O1)c1cc(=O)[nH]c(C2CC2)n1. The predicted molar refractivity (Wildman–Crippen MR) is 76.8 cm³/mol. The van der Waals surface area contributed by atoms with Crippen LogP contribution in [0, 0.1) is 5.92 Å². The van der Waals surface area contributed by atoms with Crippen LogP contribution in [0.15, 0.2) is 10.9 Å². The third kappa shape index (κ3) is 2.78. The second-order valence-corrected chi connectivity index (χ2v) is 6.33. The molecular formula is C15H19N3O4. The average Bonchev–Trinajstić information content (AvgIpc) is 3.14. The topological polar surface area (TPSA) is 93.3 Å². The molecule has 2 saturated heterocycles. The van der Waals surface area contributed by atoms with Crippen LogP contribution in [0.25, 0.3) is 0 Å². The summed E-state index contributed by atoms with van der Waals surface area (Å²) in [6, 6.07) is 1.25. The molecular weight excluding hydrogens is 286 g/mol. The summed E-state index contributed by atoms with van der Waals surface area (Å²) < 4.78 is 11.2. The van der Waals surface area contributed by atoms with E-state index in [2.05, 4.69) is 15.3 Å². The number of aromatic nitrogens is 2. The van der Waals surface area contributed by atoms with Gasteiger partial charge in [-0.05, 0) is 19.3 Å². The lowest BCUT2D eigenvalue weighted by atomic mass is 10.0. The number of aromatic amines is 1. The van der Waals surface area contributed by atoms with Crippen molar-refractivity contribution in [2.75, 3.05) is 19.8 Å². The standard InChI is InChI=1S/C15H19N3O4/c19-13-4-11(17-14(18-13)8-1-2-8)15(20)16-5-10-3-9-6-21-7-12(9)22-10/h4,8-10,12H,1-3,5-7H2,(H,16,20)(H,17,18,19)/t9-,10?,12+/m1/s1. The average molecular weight is 305 g/mol. The third-order valence-electron chi connectivity index (χ3n) is 4.52. The van der Waals surface area contributed by atoms with Crippen LogP contribution in [-0.2, 0) is 9.47 Å². The molecule has 3 fully saturated rings. The van der Waals surface area contributed by atoms with Gasteiger partial charge in [0.15, 0.2) is 0 Å². The molecule has 22 heavy (non-hydrogen) atoms. The molecule has 0 bridgehead atoms. The van der Waals surface area contributed by atoms with E-state index in [9.17, 15) is 9.59 Å². The molecule has 7 nitrogen and oxygen atoms in total. The number of H-pyrrole nitrogens is 1. The molecule has 7 heteroatoms. The largest absolute Gasteiger partial charge is 0.378 e.